The Balaban J connectivity index is 1.31. The van der Waals surface area contributed by atoms with E-state index in [4.69, 9.17) is 9.26 Å². The van der Waals surface area contributed by atoms with E-state index in [-0.39, 0.29) is 11.7 Å². The summed E-state index contributed by atoms with van der Waals surface area (Å²) in [6.07, 6.45) is 2.41. The van der Waals surface area contributed by atoms with Crippen molar-refractivity contribution in [1.29, 1.82) is 0 Å². The number of carbonyl (C=O) groups is 1. The van der Waals surface area contributed by atoms with Crippen LogP contribution in [0.4, 0.5) is 10.1 Å². The van der Waals surface area contributed by atoms with E-state index in [9.17, 15) is 9.18 Å². The Labute approximate surface area is 174 Å². The predicted molar refractivity (Wildman–Crippen MR) is 112 cm³/mol. The molecule has 1 aliphatic heterocycles. The summed E-state index contributed by atoms with van der Waals surface area (Å²) < 4.78 is 23.8. The van der Waals surface area contributed by atoms with Crippen molar-refractivity contribution in [3.8, 4) is 17.0 Å². The topological polar surface area (TPSA) is 58.8 Å². The molecule has 0 saturated carbocycles. The largest absolute Gasteiger partial charge is 0.497 e. The molecule has 3 aromatic rings. The van der Waals surface area contributed by atoms with Crippen LogP contribution in [0.3, 0.4) is 0 Å². The van der Waals surface area contributed by atoms with Crippen molar-refractivity contribution in [3.63, 3.8) is 0 Å². The van der Waals surface area contributed by atoms with E-state index in [1.165, 1.54) is 18.4 Å². The highest BCUT2D eigenvalue weighted by Crippen LogP contribution is 2.25. The lowest BCUT2D eigenvalue weighted by molar-refractivity contribution is -0.131. The van der Waals surface area contributed by atoms with Crippen molar-refractivity contribution < 1.29 is 18.4 Å². The fraction of sp³-hybridized carbons (Fsp3) is 0.304. The van der Waals surface area contributed by atoms with E-state index >= 15 is 0 Å². The van der Waals surface area contributed by atoms with Gasteiger partial charge in [-0.05, 0) is 42.8 Å². The number of piperazine rings is 1. The van der Waals surface area contributed by atoms with Gasteiger partial charge in [0.15, 0.2) is 0 Å². The van der Waals surface area contributed by atoms with Gasteiger partial charge in [-0.3, -0.25) is 4.79 Å². The Morgan fingerprint density at radius 2 is 1.90 bits per heavy atom. The van der Waals surface area contributed by atoms with E-state index in [0.717, 1.165) is 30.1 Å². The monoisotopic (exact) mass is 409 g/mol. The number of nitrogens with zero attached hydrogens (tertiary/aromatic N) is 3. The Kier molecular flexibility index (Phi) is 5.97. The van der Waals surface area contributed by atoms with Gasteiger partial charge in [-0.25, -0.2) is 4.39 Å². The highest BCUT2D eigenvalue weighted by molar-refractivity contribution is 5.77. The number of hydrogen-bond donors (Lipinski definition) is 0. The highest BCUT2D eigenvalue weighted by Gasteiger charge is 2.22. The van der Waals surface area contributed by atoms with Crippen LogP contribution in [0.5, 0.6) is 5.75 Å². The zero-order valence-corrected chi connectivity index (χ0v) is 16.9. The first-order valence-corrected chi connectivity index (χ1v) is 10.00. The van der Waals surface area contributed by atoms with Crippen LogP contribution < -0.4 is 9.64 Å². The molecule has 0 radical (unpaired) electrons. The molecule has 1 aromatic heterocycles. The van der Waals surface area contributed by atoms with E-state index in [0.29, 0.717) is 37.2 Å². The number of benzene rings is 2. The smallest absolute Gasteiger partial charge is 0.223 e. The number of aryl methyl sites for hydroxylation is 1. The zero-order valence-electron chi connectivity index (χ0n) is 16.9. The Morgan fingerprint density at radius 1 is 1.13 bits per heavy atom. The van der Waals surface area contributed by atoms with Crippen LogP contribution in [0.15, 0.2) is 59.3 Å². The SMILES string of the molecule is COc1ccc(N2CCN(C(=O)CCc3conc3-c3cccc(F)c3)CC2)cc1. The summed E-state index contributed by atoms with van der Waals surface area (Å²) in [5, 5.41) is 3.99. The van der Waals surface area contributed by atoms with Gasteiger partial charge in [0.05, 0.1) is 7.11 Å². The van der Waals surface area contributed by atoms with Crippen molar-refractivity contribution in [1.82, 2.24) is 10.1 Å². The normalized spacial score (nSPS) is 14.1. The number of anilines is 1. The fourth-order valence-corrected chi connectivity index (χ4v) is 3.72. The number of carbonyl (C=O) groups excluding carboxylic acids is 1. The summed E-state index contributed by atoms with van der Waals surface area (Å²) in [7, 11) is 1.65. The van der Waals surface area contributed by atoms with Crippen LogP contribution in [0.2, 0.25) is 0 Å². The molecule has 0 aliphatic carbocycles. The molecular weight excluding hydrogens is 385 g/mol. The maximum Gasteiger partial charge on any atom is 0.223 e. The van der Waals surface area contributed by atoms with Crippen LogP contribution in [0.1, 0.15) is 12.0 Å². The van der Waals surface area contributed by atoms with E-state index in [1.807, 2.05) is 29.2 Å². The molecule has 0 bridgehead atoms. The molecule has 0 atom stereocenters. The van der Waals surface area contributed by atoms with Gasteiger partial charge in [0.2, 0.25) is 5.91 Å². The summed E-state index contributed by atoms with van der Waals surface area (Å²) in [5.41, 5.74) is 3.18. The molecule has 1 saturated heterocycles. The van der Waals surface area contributed by atoms with Gasteiger partial charge in [-0.1, -0.05) is 17.3 Å². The number of amides is 1. The standard InChI is InChI=1S/C23H24FN3O3/c1-29-21-8-6-20(7-9-21)26-11-13-27(14-12-26)22(28)10-5-18-16-30-25-23(18)17-3-2-4-19(24)15-17/h2-4,6-9,15-16H,5,10-14H2,1H3. The van der Waals surface area contributed by atoms with Crippen molar-refractivity contribution in [2.45, 2.75) is 12.8 Å². The second-order valence-electron chi connectivity index (χ2n) is 7.26. The molecule has 7 heteroatoms. The number of hydrogen-bond acceptors (Lipinski definition) is 5. The van der Waals surface area contributed by atoms with E-state index in [2.05, 4.69) is 10.1 Å². The highest BCUT2D eigenvalue weighted by atomic mass is 19.1. The number of aromatic nitrogens is 1. The molecule has 4 rings (SSSR count). The first-order valence-electron chi connectivity index (χ1n) is 10.00. The van der Waals surface area contributed by atoms with Crippen LogP contribution in [-0.2, 0) is 11.2 Å². The molecular formula is C23H24FN3O3. The van der Waals surface area contributed by atoms with E-state index in [1.54, 1.807) is 19.2 Å². The molecule has 2 heterocycles. The summed E-state index contributed by atoms with van der Waals surface area (Å²) >= 11 is 0. The maximum absolute atomic E-state index is 13.5. The minimum Gasteiger partial charge on any atom is -0.497 e. The van der Waals surface area contributed by atoms with Crippen LogP contribution >= 0.6 is 0 Å². The first kappa shape index (κ1) is 19.9. The molecule has 2 aromatic carbocycles. The van der Waals surface area contributed by atoms with Crippen molar-refractivity contribution in [2.24, 2.45) is 0 Å². The van der Waals surface area contributed by atoms with Crippen LogP contribution in [0.25, 0.3) is 11.3 Å². The van der Waals surface area contributed by atoms with Crippen LogP contribution in [-0.4, -0.2) is 49.3 Å². The Morgan fingerprint density at radius 3 is 2.60 bits per heavy atom. The quantitative estimate of drug-likeness (QED) is 0.620. The summed E-state index contributed by atoms with van der Waals surface area (Å²) in [6, 6.07) is 14.2. The lowest BCUT2D eigenvalue weighted by Crippen LogP contribution is -2.48. The average Bonchev–Trinajstić information content (AvgIpc) is 3.26. The molecule has 6 nitrogen and oxygen atoms in total. The van der Waals surface area contributed by atoms with Gasteiger partial charge in [0, 0.05) is 49.4 Å². The summed E-state index contributed by atoms with van der Waals surface area (Å²) in [5.74, 6) is 0.613. The lowest BCUT2D eigenvalue weighted by Gasteiger charge is -2.36. The molecule has 0 unspecified atom stereocenters. The van der Waals surface area contributed by atoms with Gasteiger partial charge >= 0.3 is 0 Å². The molecule has 1 fully saturated rings. The lowest BCUT2D eigenvalue weighted by atomic mass is 10.0. The molecule has 156 valence electrons. The van der Waals surface area contributed by atoms with Gasteiger partial charge in [-0.2, -0.15) is 0 Å². The van der Waals surface area contributed by atoms with E-state index < -0.39 is 0 Å². The van der Waals surface area contributed by atoms with Gasteiger partial charge < -0.3 is 19.1 Å². The number of rotatable bonds is 6. The molecule has 0 N–H and O–H groups in total. The molecule has 1 amide bonds. The summed E-state index contributed by atoms with van der Waals surface area (Å²) in [6.45, 7) is 2.95. The van der Waals surface area contributed by atoms with Crippen LogP contribution in [0, 0.1) is 5.82 Å². The Hall–Kier alpha value is -3.35. The number of methoxy groups -OCH3 is 1. The molecule has 1 aliphatic rings. The van der Waals surface area contributed by atoms with Crippen molar-refractivity contribution in [2.75, 3.05) is 38.2 Å². The second kappa shape index (κ2) is 8.98. The maximum atomic E-state index is 13.5. The molecule has 30 heavy (non-hydrogen) atoms. The van der Waals surface area contributed by atoms with Gasteiger partial charge in [-0.15, -0.1) is 0 Å². The van der Waals surface area contributed by atoms with Gasteiger partial charge in [0.25, 0.3) is 0 Å². The zero-order chi connectivity index (χ0) is 20.9. The van der Waals surface area contributed by atoms with Gasteiger partial charge in [0.1, 0.15) is 23.5 Å². The summed E-state index contributed by atoms with van der Waals surface area (Å²) in [4.78, 5) is 16.9. The minimum atomic E-state index is -0.327. The predicted octanol–water partition coefficient (Wildman–Crippen LogP) is 3.77. The minimum absolute atomic E-state index is 0.107. The fourth-order valence-electron chi connectivity index (χ4n) is 3.72. The average molecular weight is 409 g/mol. The second-order valence-corrected chi connectivity index (χ2v) is 7.26. The third-order valence-electron chi connectivity index (χ3n) is 5.42. The van der Waals surface area contributed by atoms with Crippen molar-refractivity contribution >= 4 is 11.6 Å². The third-order valence-corrected chi connectivity index (χ3v) is 5.42. The number of halogens is 1. The number of ether oxygens (including phenoxy) is 1. The van der Waals surface area contributed by atoms with Crippen molar-refractivity contribution in [3.05, 3.63) is 66.2 Å². The molecule has 0 spiro atoms. The third kappa shape index (κ3) is 4.45. The first-order chi connectivity index (χ1) is 14.6. The Bertz CT molecular complexity index is 995.